The molecule has 0 saturated carbocycles. The van der Waals surface area contributed by atoms with Gasteiger partial charge >= 0.3 is 5.97 Å². The van der Waals surface area contributed by atoms with Gasteiger partial charge in [0.25, 0.3) is 0 Å². The van der Waals surface area contributed by atoms with Gasteiger partial charge in [0.15, 0.2) is 17.1 Å². The molecule has 1 aromatic carbocycles. The summed E-state index contributed by atoms with van der Waals surface area (Å²) in [6.45, 7) is 1.72. The second-order valence-electron chi connectivity index (χ2n) is 4.61. The number of rotatable bonds is 2. The lowest BCUT2D eigenvalue weighted by atomic mass is 10.1. The van der Waals surface area contributed by atoms with E-state index in [1.807, 2.05) is 0 Å². The van der Waals surface area contributed by atoms with Gasteiger partial charge < -0.3 is 15.3 Å². The molecule has 0 aliphatic rings. The minimum atomic E-state index is -1.09. The van der Waals surface area contributed by atoms with E-state index in [2.05, 4.69) is 15.2 Å². The number of nitrogens with zero attached hydrogens (tertiary/aromatic N) is 2. The number of aromatic amines is 1. The summed E-state index contributed by atoms with van der Waals surface area (Å²) in [4.78, 5) is 15.7. The van der Waals surface area contributed by atoms with Gasteiger partial charge in [-0.25, -0.2) is 9.78 Å². The summed E-state index contributed by atoms with van der Waals surface area (Å²) in [5.74, 6) is -1.64. The Kier molecular flexibility index (Phi) is 2.76. The average molecular weight is 285 g/mol. The molecule has 0 atom stereocenters. The van der Waals surface area contributed by atoms with E-state index in [0.717, 1.165) is 0 Å². The Labute approximate surface area is 118 Å². The van der Waals surface area contributed by atoms with Crippen LogP contribution >= 0.6 is 0 Å². The molecule has 4 N–H and O–H groups in total. The van der Waals surface area contributed by atoms with Gasteiger partial charge in [0.2, 0.25) is 0 Å². The molecular formula is C14H11N3O4. The Bertz CT molecular complexity index is 870. The number of nitrogens with one attached hydrogen (secondary N) is 1. The average Bonchev–Trinajstić information content (AvgIpc) is 2.82. The van der Waals surface area contributed by atoms with Crippen LogP contribution in [-0.4, -0.2) is 36.5 Å². The zero-order valence-corrected chi connectivity index (χ0v) is 11.0. The number of fused-ring (bicyclic) bond motifs is 1. The molecule has 0 bridgehead atoms. The summed E-state index contributed by atoms with van der Waals surface area (Å²) in [6.07, 6.45) is 0. The van der Waals surface area contributed by atoms with Crippen molar-refractivity contribution in [3.63, 3.8) is 0 Å². The summed E-state index contributed by atoms with van der Waals surface area (Å²) in [5, 5.41) is 35.3. The third kappa shape index (κ3) is 2.04. The molecule has 3 rings (SSSR count). The SMILES string of the molecule is Cc1[nH]nc2nc(-c3ccc(O)c(O)c3)cc(C(=O)O)c12. The van der Waals surface area contributed by atoms with Crippen LogP contribution in [-0.2, 0) is 0 Å². The van der Waals surface area contributed by atoms with Crippen molar-refractivity contribution < 1.29 is 20.1 Å². The topological polar surface area (TPSA) is 119 Å². The summed E-state index contributed by atoms with van der Waals surface area (Å²) in [7, 11) is 0. The number of H-pyrrole nitrogens is 1. The third-order valence-electron chi connectivity index (χ3n) is 3.21. The zero-order valence-electron chi connectivity index (χ0n) is 11.0. The van der Waals surface area contributed by atoms with Crippen molar-refractivity contribution in [2.75, 3.05) is 0 Å². The number of aromatic hydroxyl groups is 2. The van der Waals surface area contributed by atoms with Crippen molar-refractivity contribution in [1.82, 2.24) is 15.2 Å². The minimum absolute atomic E-state index is 0.0776. The fourth-order valence-electron chi connectivity index (χ4n) is 2.17. The van der Waals surface area contributed by atoms with Crippen LogP contribution in [0.15, 0.2) is 24.3 Å². The van der Waals surface area contributed by atoms with Crippen LogP contribution < -0.4 is 0 Å². The Morgan fingerprint density at radius 1 is 1.19 bits per heavy atom. The standard InChI is InChI=1S/C14H11N3O4/c1-6-12-8(14(20)21)5-9(15-13(12)17-16-6)7-2-3-10(18)11(19)4-7/h2-5,18-19H,1H3,(H,20,21)(H,15,16,17). The van der Waals surface area contributed by atoms with Crippen molar-refractivity contribution in [3.05, 3.63) is 35.5 Å². The van der Waals surface area contributed by atoms with Gasteiger partial charge in [-0.3, -0.25) is 5.10 Å². The molecular weight excluding hydrogens is 274 g/mol. The first-order chi connectivity index (χ1) is 9.97. The van der Waals surface area contributed by atoms with Crippen LogP contribution in [0.4, 0.5) is 0 Å². The lowest BCUT2D eigenvalue weighted by Crippen LogP contribution is -2.00. The smallest absolute Gasteiger partial charge is 0.336 e. The van der Waals surface area contributed by atoms with E-state index in [-0.39, 0.29) is 22.7 Å². The van der Waals surface area contributed by atoms with E-state index in [0.29, 0.717) is 22.3 Å². The molecule has 3 aromatic rings. The van der Waals surface area contributed by atoms with E-state index in [1.165, 1.54) is 24.3 Å². The molecule has 106 valence electrons. The summed E-state index contributed by atoms with van der Waals surface area (Å²) < 4.78 is 0. The second kappa shape index (κ2) is 4.48. The minimum Gasteiger partial charge on any atom is -0.504 e. The number of aromatic carboxylic acids is 1. The Hall–Kier alpha value is -3.09. The maximum Gasteiger partial charge on any atom is 0.336 e. The molecule has 0 saturated heterocycles. The van der Waals surface area contributed by atoms with Crippen LogP contribution in [0.5, 0.6) is 11.5 Å². The quantitative estimate of drug-likeness (QED) is 0.535. The number of hydrogen-bond donors (Lipinski definition) is 4. The fourth-order valence-corrected chi connectivity index (χ4v) is 2.17. The maximum absolute atomic E-state index is 11.4. The molecule has 7 heteroatoms. The number of hydrogen-bond acceptors (Lipinski definition) is 5. The highest BCUT2D eigenvalue weighted by Gasteiger charge is 2.17. The Morgan fingerprint density at radius 3 is 2.62 bits per heavy atom. The second-order valence-corrected chi connectivity index (χ2v) is 4.61. The number of carboxylic acids is 1. The van der Waals surface area contributed by atoms with Crippen molar-refractivity contribution in [2.45, 2.75) is 6.92 Å². The monoisotopic (exact) mass is 285 g/mol. The van der Waals surface area contributed by atoms with Crippen LogP contribution in [0.3, 0.4) is 0 Å². The molecule has 2 aromatic heterocycles. The van der Waals surface area contributed by atoms with Crippen molar-refractivity contribution in [3.8, 4) is 22.8 Å². The van der Waals surface area contributed by atoms with Crippen molar-refractivity contribution in [1.29, 1.82) is 0 Å². The maximum atomic E-state index is 11.4. The molecule has 0 amide bonds. The summed E-state index contributed by atoms with van der Waals surface area (Å²) in [5.41, 5.74) is 1.82. The lowest BCUT2D eigenvalue weighted by molar-refractivity contribution is 0.0699. The largest absolute Gasteiger partial charge is 0.504 e. The highest BCUT2D eigenvalue weighted by atomic mass is 16.4. The molecule has 21 heavy (non-hydrogen) atoms. The van der Waals surface area contributed by atoms with Gasteiger partial charge in [-0.05, 0) is 31.2 Å². The summed E-state index contributed by atoms with van der Waals surface area (Å²) >= 11 is 0. The van der Waals surface area contributed by atoms with E-state index in [9.17, 15) is 20.1 Å². The van der Waals surface area contributed by atoms with Gasteiger partial charge in [-0.15, -0.1) is 0 Å². The summed E-state index contributed by atoms with van der Waals surface area (Å²) in [6, 6.07) is 5.58. The first kappa shape index (κ1) is 12.9. The van der Waals surface area contributed by atoms with Gasteiger partial charge in [-0.2, -0.15) is 5.10 Å². The van der Waals surface area contributed by atoms with Gasteiger partial charge in [0.05, 0.1) is 16.6 Å². The number of aryl methyl sites for hydroxylation is 1. The number of phenolic OH excluding ortho intramolecular Hbond substituents is 2. The number of carboxylic acid groups (broad SMARTS) is 1. The zero-order chi connectivity index (χ0) is 15.1. The first-order valence-corrected chi connectivity index (χ1v) is 6.08. The molecule has 0 fully saturated rings. The van der Waals surface area contributed by atoms with E-state index >= 15 is 0 Å². The van der Waals surface area contributed by atoms with Gasteiger partial charge in [-0.1, -0.05) is 0 Å². The van der Waals surface area contributed by atoms with Gasteiger partial charge in [0.1, 0.15) is 0 Å². The molecule has 2 heterocycles. The fraction of sp³-hybridized carbons (Fsp3) is 0.0714. The molecule has 0 radical (unpaired) electrons. The van der Waals surface area contributed by atoms with E-state index in [4.69, 9.17) is 0 Å². The molecule has 0 aliphatic heterocycles. The van der Waals surface area contributed by atoms with Crippen LogP contribution in [0.1, 0.15) is 16.1 Å². The normalized spacial score (nSPS) is 10.9. The van der Waals surface area contributed by atoms with Gasteiger partial charge in [0, 0.05) is 11.3 Å². The Balaban J connectivity index is 2.28. The predicted octanol–water partition coefficient (Wildman–Crippen LogP) is 2.04. The highest BCUT2D eigenvalue weighted by Crippen LogP contribution is 2.31. The number of benzene rings is 1. The van der Waals surface area contributed by atoms with Crippen molar-refractivity contribution >= 4 is 17.0 Å². The molecule has 0 spiro atoms. The van der Waals surface area contributed by atoms with E-state index < -0.39 is 5.97 Å². The number of carbonyl (C=O) groups is 1. The van der Waals surface area contributed by atoms with Crippen molar-refractivity contribution in [2.24, 2.45) is 0 Å². The molecule has 7 nitrogen and oxygen atoms in total. The van der Waals surface area contributed by atoms with Crippen LogP contribution in [0.2, 0.25) is 0 Å². The first-order valence-electron chi connectivity index (χ1n) is 6.08. The number of pyridine rings is 1. The predicted molar refractivity (Wildman–Crippen MR) is 74.4 cm³/mol. The van der Waals surface area contributed by atoms with E-state index in [1.54, 1.807) is 6.92 Å². The lowest BCUT2D eigenvalue weighted by Gasteiger charge is -2.05. The van der Waals surface area contributed by atoms with Crippen LogP contribution in [0, 0.1) is 6.92 Å². The Morgan fingerprint density at radius 2 is 1.95 bits per heavy atom. The highest BCUT2D eigenvalue weighted by molar-refractivity contribution is 6.03. The third-order valence-corrected chi connectivity index (χ3v) is 3.21. The number of aromatic nitrogens is 3. The number of phenols is 2. The van der Waals surface area contributed by atoms with Crippen LogP contribution in [0.25, 0.3) is 22.3 Å². The molecule has 0 aliphatic carbocycles. The molecule has 0 unspecified atom stereocenters.